The van der Waals surface area contributed by atoms with Gasteiger partial charge in [0.05, 0.1) is 22.5 Å². The Morgan fingerprint density at radius 3 is 2.27 bits per heavy atom. The van der Waals surface area contributed by atoms with Crippen LogP contribution >= 0.6 is 58.0 Å². The second kappa shape index (κ2) is 8.38. The van der Waals surface area contributed by atoms with Gasteiger partial charge in [0.1, 0.15) is 4.33 Å². The number of carbonyl (C=O) groups excluding carboxylic acids is 2. The molecule has 0 spiro atoms. The minimum absolute atomic E-state index is 0.0664. The van der Waals surface area contributed by atoms with Crippen LogP contribution in [0.15, 0.2) is 36.4 Å². The number of anilines is 1. The molecule has 1 saturated carbocycles. The summed E-state index contributed by atoms with van der Waals surface area (Å²) in [6, 6.07) is 9.72. The van der Waals surface area contributed by atoms with E-state index in [0.29, 0.717) is 39.4 Å². The molecule has 1 saturated heterocycles. The summed E-state index contributed by atoms with van der Waals surface area (Å²) in [5, 5.41) is 9.88. The molecular weight excluding hydrogens is 492 g/mol. The Kier molecular flexibility index (Phi) is 6.14. The third-order valence-corrected chi connectivity index (χ3v) is 6.88. The van der Waals surface area contributed by atoms with Gasteiger partial charge in [-0.15, -0.1) is 23.2 Å². The topological polar surface area (TPSA) is 70.2 Å². The van der Waals surface area contributed by atoms with E-state index in [1.807, 2.05) is 0 Å². The maximum Gasteiger partial charge on any atom is 0.253 e. The fourth-order valence-electron chi connectivity index (χ4n) is 3.47. The van der Waals surface area contributed by atoms with Gasteiger partial charge in [0, 0.05) is 34.7 Å². The molecule has 3 N–H and O–H groups in total. The summed E-state index contributed by atoms with van der Waals surface area (Å²) in [6.07, 6.45) is 0. The van der Waals surface area contributed by atoms with Crippen LogP contribution in [0.4, 0.5) is 5.69 Å². The third-order valence-electron chi connectivity index (χ3n) is 5.18. The Morgan fingerprint density at radius 1 is 1.00 bits per heavy atom. The van der Waals surface area contributed by atoms with Crippen LogP contribution in [-0.2, 0) is 4.79 Å². The van der Waals surface area contributed by atoms with Crippen molar-refractivity contribution in [3.05, 3.63) is 62.6 Å². The van der Waals surface area contributed by atoms with Crippen molar-refractivity contribution in [3.8, 4) is 0 Å². The molecule has 5 nitrogen and oxygen atoms in total. The van der Waals surface area contributed by atoms with E-state index in [0.717, 1.165) is 0 Å². The summed E-state index contributed by atoms with van der Waals surface area (Å²) in [5.41, 5.74) is 1.38. The number of alkyl halides is 2. The lowest BCUT2D eigenvalue weighted by molar-refractivity contribution is -0.117. The van der Waals surface area contributed by atoms with Gasteiger partial charge in [-0.2, -0.15) is 0 Å². The van der Waals surface area contributed by atoms with E-state index < -0.39 is 16.2 Å². The average Bonchev–Trinajstić information content (AvgIpc) is 3.21. The van der Waals surface area contributed by atoms with Crippen molar-refractivity contribution in [1.29, 1.82) is 0 Å². The number of amides is 2. The van der Waals surface area contributed by atoms with Crippen LogP contribution in [0.5, 0.6) is 0 Å². The first-order chi connectivity index (χ1) is 14.2. The molecule has 2 fully saturated rings. The normalized spacial score (nSPS) is 22.2. The van der Waals surface area contributed by atoms with E-state index in [1.54, 1.807) is 30.3 Å². The van der Waals surface area contributed by atoms with Crippen molar-refractivity contribution in [2.75, 3.05) is 18.4 Å². The molecule has 4 rings (SSSR count). The molecule has 1 heterocycles. The van der Waals surface area contributed by atoms with Gasteiger partial charge in [-0.3, -0.25) is 9.59 Å². The zero-order chi connectivity index (χ0) is 21.6. The molecule has 30 heavy (non-hydrogen) atoms. The fourth-order valence-corrected chi connectivity index (χ4v) is 5.05. The number of hydrogen-bond acceptors (Lipinski definition) is 3. The van der Waals surface area contributed by atoms with Gasteiger partial charge in [-0.05, 0) is 42.0 Å². The van der Waals surface area contributed by atoms with Crippen molar-refractivity contribution < 1.29 is 9.59 Å². The monoisotopic (exact) mass is 505 g/mol. The zero-order valence-electron chi connectivity index (χ0n) is 15.3. The Labute approximate surface area is 198 Å². The minimum atomic E-state index is -1.29. The average molecular weight is 508 g/mol. The molecule has 2 aromatic carbocycles. The lowest BCUT2D eigenvalue weighted by atomic mass is 10.1. The van der Waals surface area contributed by atoms with E-state index in [1.165, 1.54) is 6.07 Å². The number of hydrogen-bond donors (Lipinski definition) is 3. The number of halogens is 5. The Bertz CT molecular complexity index is 1010. The maximum atomic E-state index is 12.9. The molecule has 10 heteroatoms. The Hall–Kier alpha value is -1.21. The largest absolute Gasteiger partial charge is 0.347 e. The van der Waals surface area contributed by atoms with Gasteiger partial charge in [0.15, 0.2) is 0 Å². The fraction of sp³-hybridized carbons (Fsp3) is 0.300. The highest BCUT2D eigenvalue weighted by Crippen LogP contribution is 2.65. The zero-order valence-corrected chi connectivity index (χ0v) is 19.1. The summed E-state index contributed by atoms with van der Waals surface area (Å²) in [5.74, 6) is -1.84. The standard InChI is InChI=1S/C20H16Cl5N3O2/c21-10-3-9(4-11(22)5-10)16-17(20(16,24)25)19(30)27-12-1-2-15(23)14(6-12)18(29)28-13-7-26-8-13/h1-6,13,16-17,26H,7-8H2,(H,27,30)(H,28,29)/t16-,17+/m1/s1. The molecule has 1 aliphatic heterocycles. The quantitative estimate of drug-likeness (QED) is 0.506. The highest BCUT2D eigenvalue weighted by Gasteiger charge is 2.67. The van der Waals surface area contributed by atoms with E-state index >= 15 is 0 Å². The van der Waals surface area contributed by atoms with Crippen molar-refractivity contribution >= 4 is 75.5 Å². The number of benzene rings is 2. The lowest BCUT2D eigenvalue weighted by Gasteiger charge is -2.28. The Morgan fingerprint density at radius 2 is 1.67 bits per heavy atom. The highest BCUT2D eigenvalue weighted by molar-refractivity contribution is 6.53. The summed E-state index contributed by atoms with van der Waals surface area (Å²) >= 11 is 31.1. The lowest BCUT2D eigenvalue weighted by Crippen LogP contribution is -2.56. The van der Waals surface area contributed by atoms with Gasteiger partial charge in [0.25, 0.3) is 5.91 Å². The first-order valence-electron chi connectivity index (χ1n) is 9.12. The molecule has 2 aliphatic rings. The van der Waals surface area contributed by atoms with Crippen LogP contribution in [-0.4, -0.2) is 35.3 Å². The SMILES string of the molecule is O=C(NC1CNC1)c1cc(NC(=O)[C@@H]2[C@@H](c3cc(Cl)cc(Cl)c3)C2(Cl)Cl)ccc1Cl. The second-order valence-electron chi connectivity index (χ2n) is 7.35. The van der Waals surface area contributed by atoms with Gasteiger partial charge < -0.3 is 16.0 Å². The molecule has 0 unspecified atom stereocenters. The molecule has 2 atom stereocenters. The van der Waals surface area contributed by atoms with Crippen LogP contribution < -0.4 is 16.0 Å². The van der Waals surface area contributed by atoms with Crippen LogP contribution in [0.25, 0.3) is 0 Å². The molecule has 0 bridgehead atoms. The second-order valence-corrected chi connectivity index (χ2v) is 10.1. The summed E-state index contributed by atoms with van der Waals surface area (Å²) in [4.78, 5) is 25.3. The van der Waals surface area contributed by atoms with Crippen LogP contribution in [0.3, 0.4) is 0 Å². The van der Waals surface area contributed by atoms with E-state index in [9.17, 15) is 9.59 Å². The highest BCUT2D eigenvalue weighted by atomic mass is 35.5. The molecule has 2 aromatic rings. The number of rotatable bonds is 5. The summed E-state index contributed by atoms with van der Waals surface area (Å²) < 4.78 is -1.29. The van der Waals surface area contributed by atoms with E-state index in [-0.39, 0.29) is 23.4 Å². The Balaban J connectivity index is 1.49. The van der Waals surface area contributed by atoms with Gasteiger partial charge in [-0.25, -0.2) is 0 Å². The summed E-state index contributed by atoms with van der Waals surface area (Å²) in [7, 11) is 0. The van der Waals surface area contributed by atoms with Crippen molar-refractivity contribution in [1.82, 2.24) is 10.6 Å². The predicted molar refractivity (Wildman–Crippen MR) is 121 cm³/mol. The van der Waals surface area contributed by atoms with Gasteiger partial charge >= 0.3 is 0 Å². The van der Waals surface area contributed by atoms with Crippen molar-refractivity contribution in [2.24, 2.45) is 5.92 Å². The first-order valence-corrected chi connectivity index (χ1v) is 11.0. The maximum absolute atomic E-state index is 12.9. The molecule has 0 radical (unpaired) electrons. The van der Waals surface area contributed by atoms with Crippen LogP contribution in [0.2, 0.25) is 15.1 Å². The number of nitrogens with one attached hydrogen (secondary N) is 3. The molecule has 0 aromatic heterocycles. The van der Waals surface area contributed by atoms with Crippen LogP contribution in [0.1, 0.15) is 21.8 Å². The smallest absolute Gasteiger partial charge is 0.253 e. The van der Waals surface area contributed by atoms with E-state index in [2.05, 4.69) is 16.0 Å². The molecule has 2 amide bonds. The van der Waals surface area contributed by atoms with Crippen LogP contribution in [0, 0.1) is 5.92 Å². The molecule has 1 aliphatic carbocycles. The van der Waals surface area contributed by atoms with Gasteiger partial charge in [-0.1, -0.05) is 34.8 Å². The molecular formula is C20H16Cl5N3O2. The van der Waals surface area contributed by atoms with Gasteiger partial charge in [0.2, 0.25) is 5.91 Å². The number of carbonyl (C=O) groups is 2. The predicted octanol–water partition coefficient (Wildman–Crippen LogP) is 4.87. The summed E-state index contributed by atoms with van der Waals surface area (Å²) in [6.45, 7) is 1.42. The third kappa shape index (κ3) is 4.38. The minimum Gasteiger partial charge on any atom is -0.347 e. The first kappa shape index (κ1) is 22.0. The van der Waals surface area contributed by atoms with Crippen molar-refractivity contribution in [2.45, 2.75) is 16.3 Å². The van der Waals surface area contributed by atoms with Crippen molar-refractivity contribution in [3.63, 3.8) is 0 Å². The van der Waals surface area contributed by atoms with E-state index in [4.69, 9.17) is 58.0 Å². The molecule has 158 valence electrons.